The summed E-state index contributed by atoms with van der Waals surface area (Å²) in [7, 11) is 0. The number of amides is 2. The Balaban J connectivity index is 0.00000576. The second kappa shape index (κ2) is 12.4. The van der Waals surface area contributed by atoms with Gasteiger partial charge in [0, 0.05) is 35.4 Å². The molecule has 0 unspecified atom stereocenters. The van der Waals surface area contributed by atoms with E-state index in [1.54, 1.807) is 0 Å². The van der Waals surface area contributed by atoms with Crippen LogP contribution in [0.25, 0.3) is 0 Å². The van der Waals surface area contributed by atoms with Gasteiger partial charge >= 0.3 is 5.97 Å². The van der Waals surface area contributed by atoms with Gasteiger partial charge in [-0.3, -0.25) is 9.59 Å². The number of unbranched alkanes of at least 4 members (excludes halogenated alkanes) is 1. The van der Waals surface area contributed by atoms with E-state index in [-0.39, 0.29) is 30.0 Å². The molecule has 1 aromatic heterocycles. The first-order valence-corrected chi connectivity index (χ1v) is 7.66. The molecule has 0 fully saturated rings. The van der Waals surface area contributed by atoms with Crippen molar-refractivity contribution in [1.29, 1.82) is 0 Å². The van der Waals surface area contributed by atoms with Crippen LogP contribution < -0.4 is 22.1 Å². The number of carboxylic acids is 1. The monoisotopic (exact) mass is 403 g/mol. The molecule has 11 heteroatoms. The number of nitrogens with one attached hydrogen (secondary N) is 3. The third-order valence-corrected chi connectivity index (χ3v) is 3.34. The SMILES string of the molecule is NCCCC[C@H](N)C(=O)NCC(=O)N[C@@H](Cc1cnc[nH]1)C(=O)O.[Cu]. The molecule has 0 aliphatic carbocycles. The van der Waals surface area contributed by atoms with Crippen molar-refractivity contribution in [3.63, 3.8) is 0 Å². The minimum atomic E-state index is -1.18. The quantitative estimate of drug-likeness (QED) is 0.184. The minimum absolute atomic E-state index is 0. The number of aromatic amines is 1. The van der Waals surface area contributed by atoms with Crippen molar-refractivity contribution in [3.8, 4) is 0 Å². The number of aromatic nitrogens is 2. The van der Waals surface area contributed by atoms with Crippen LogP contribution >= 0.6 is 0 Å². The fourth-order valence-corrected chi connectivity index (χ4v) is 2.00. The predicted molar refractivity (Wildman–Crippen MR) is 85.7 cm³/mol. The van der Waals surface area contributed by atoms with Crippen LogP contribution in [0, 0.1) is 0 Å². The van der Waals surface area contributed by atoms with Gasteiger partial charge < -0.3 is 32.2 Å². The molecule has 2 atom stereocenters. The Kier molecular flexibility index (Phi) is 11.5. The molecule has 8 N–H and O–H groups in total. The summed E-state index contributed by atoms with van der Waals surface area (Å²) in [6, 6.07) is -1.84. The Bertz CT molecular complexity index is 539. The van der Waals surface area contributed by atoms with Crippen molar-refractivity contribution in [3.05, 3.63) is 18.2 Å². The molecule has 1 radical (unpaired) electrons. The van der Waals surface area contributed by atoms with Crippen LogP contribution in [0.5, 0.6) is 0 Å². The van der Waals surface area contributed by atoms with Crippen molar-refractivity contribution in [1.82, 2.24) is 20.6 Å². The van der Waals surface area contributed by atoms with Gasteiger partial charge in [0.1, 0.15) is 6.04 Å². The molecular weight excluding hydrogens is 380 g/mol. The van der Waals surface area contributed by atoms with Crippen molar-refractivity contribution in [2.24, 2.45) is 11.5 Å². The normalized spacial score (nSPS) is 12.6. The van der Waals surface area contributed by atoms with E-state index in [1.807, 2.05) is 0 Å². The Hall–Kier alpha value is -1.94. The minimum Gasteiger partial charge on any atom is -0.480 e. The first-order valence-electron chi connectivity index (χ1n) is 7.66. The molecule has 10 nitrogen and oxygen atoms in total. The number of hydrogen-bond donors (Lipinski definition) is 6. The third-order valence-electron chi connectivity index (χ3n) is 3.34. The van der Waals surface area contributed by atoms with E-state index in [0.717, 1.165) is 12.8 Å². The summed E-state index contributed by atoms with van der Waals surface area (Å²) in [6.07, 6.45) is 4.93. The summed E-state index contributed by atoms with van der Waals surface area (Å²) in [5, 5.41) is 13.9. The molecule has 0 aromatic carbocycles. The largest absolute Gasteiger partial charge is 0.480 e. The van der Waals surface area contributed by atoms with Gasteiger partial charge in [0.25, 0.3) is 0 Å². The molecule has 25 heavy (non-hydrogen) atoms. The molecule has 0 saturated carbocycles. The van der Waals surface area contributed by atoms with Gasteiger partial charge in [0.05, 0.1) is 18.9 Å². The topological polar surface area (TPSA) is 176 Å². The van der Waals surface area contributed by atoms with Crippen molar-refractivity contribution in [2.75, 3.05) is 13.1 Å². The summed E-state index contributed by atoms with van der Waals surface area (Å²) in [6.45, 7) is 0.194. The van der Waals surface area contributed by atoms with Crippen LogP contribution in [0.2, 0.25) is 0 Å². The zero-order valence-corrected chi connectivity index (χ0v) is 14.6. The van der Waals surface area contributed by atoms with Crippen molar-refractivity contribution < 1.29 is 36.6 Å². The predicted octanol–water partition coefficient (Wildman–Crippen LogP) is -1.91. The number of H-pyrrole nitrogens is 1. The molecule has 0 saturated heterocycles. The zero-order valence-electron chi connectivity index (χ0n) is 13.6. The number of nitrogens with two attached hydrogens (primary N) is 2. The number of hydrogen-bond acceptors (Lipinski definition) is 6. The van der Waals surface area contributed by atoms with Gasteiger partial charge in [-0.1, -0.05) is 6.42 Å². The second-order valence-electron chi connectivity index (χ2n) is 5.35. The number of carboxylic acid groups (broad SMARTS) is 1. The second-order valence-corrected chi connectivity index (χ2v) is 5.35. The number of rotatable bonds is 11. The average Bonchev–Trinajstić information content (AvgIpc) is 3.05. The van der Waals surface area contributed by atoms with E-state index in [0.29, 0.717) is 18.7 Å². The summed E-state index contributed by atoms with van der Waals surface area (Å²) in [4.78, 5) is 41.3. The maximum Gasteiger partial charge on any atom is 0.326 e. The molecular formula is C14H24CuN6O4. The zero-order chi connectivity index (χ0) is 17.9. The molecule has 1 aromatic rings. The summed E-state index contributed by atoms with van der Waals surface area (Å²) in [5.41, 5.74) is 11.6. The number of nitrogens with zero attached hydrogens (tertiary/aromatic N) is 1. The third kappa shape index (κ3) is 9.20. The smallest absolute Gasteiger partial charge is 0.326 e. The fourth-order valence-electron chi connectivity index (χ4n) is 2.00. The van der Waals surface area contributed by atoms with E-state index in [4.69, 9.17) is 16.6 Å². The van der Waals surface area contributed by atoms with Crippen LogP contribution in [0.3, 0.4) is 0 Å². The first kappa shape index (κ1) is 23.1. The van der Waals surface area contributed by atoms with E-state index in [2.05, 4.69) is 20.6 Å². The van der Waals surface area contributed by atoms with Gasteiger partial charge in [-0.25, -0.2) is 9.78 Å². The van der Waals surface area contributed by atoms with Gasteiger partial charge in [-0.15, -0.1) is 0 Å². The average molecular weight is 404 g/mol. The molecule has 0 spiro atoms. The molecule has 0 bridgehead atoms. The standard InChI is InChI=1S/C14H24N6O4.Cu/c15-4-2-1-3-10(16)13(22)18-7-12(21)20-11(14(23)24)5-9-6-17-8-19-9;/h6,8,10-11H,1-5,7,15-16H2,(H,17,19)(H,18,22)(H,20,21)(H,23,24);/t10-,11-;/m0./s1. The van der Waals surface area contributed by atoms with Gasteiger partial charge in [0.2, 0.25) is 11.8 Å². The van der Waals surface area contributed by atoms with Crippen molar-refractivity contribution >= 4 is 17.8 Å². The van der Waals surface area contributed by atoms with E-state index < -0.39 is 29.9 Å². The number of carbonyl (C=O) groups excluding carboxylic acids is 2. The van der Waals surface area contributed by atoms with Crippen LogP contribution in [-0.4, -0.2) is 58.0 Å². The Morgan fingerprint density at radius 2 is 2.04 bits per heavy atom. The molecule has 145 valence electrons. The Morgan fingerprint density at radius 1 is 1.32 bits per heavy atom. The van der Waals surface area contributed by atoms with E-state index in [1.165, 1.54) is 12.5 Å². The maximum atomic E-state index is 11.8. The Morgan fingerprint density at radius 3 is 2.60 bits per heavy atom. The maximum absolute atomic E-state index is 11.8. The molecule has 1 heterocycles. The molecule has 2 amide bonds. The first-order chi connectivity index (χ1) is 11.4. The number of imidazole rings is 1. The van der Waals surface area contributed by atoms with Gasteiger partial charge in [-0.05, 0) is 19.4 Å². The van der Waals surface area contributed by atoms with Crippen molar-refractivity contribution in [2.45, 2.75) is 37.8 Å². The van der Waals surface area contributed by atoms with E-state index >= 15 is 0 Å². The van der Waals surface area contributed by atoms with Gasteiger partial charge in [0.15, 0.2) is 0 Å². The summed E-state index contributed by atoms with van der Waals surface area (Å²) in [5.74, 6) is -2.24. The van der Waals surface area contributed by atoms with Crippen LogP contribution in [0.1, 0.15) is 25.0 Å². The van der Waals surface area contributed by atoms with Crippen LogP contribution in [0.15, 0.2) is 12.5 Å². The van der Waals surface area contributed by atoms with Crippen LogP contribution in [-0.2, 0) is 37.9 Å². The number of aliphatic carboxylic acids is 1. The van der Waals surface area contributed by atoms with E-state index in [9.17, 15) is 14.4 Å². The molecule has 1 rings (SSSR count). The summed E-state index contributed by atoms with van der Waals surface area (Å²) < 4.78 is 0. The summed E-state index contributed by atoms with van der Waals surface area (Å²) >= 11 is 0. The molecule has 0 aliphatic rings. The number of carbonyl (C=O) groups is 3. The molecule has 0 aliphatic heterocycles. The Labute approximate surface area is 156 Å². The van der Waals surface area contributed by atoms with Gasteiger partial charge in [-0.2, -0.15) is 0 Å². The van der Waals surface area contributed by atoms with Crippen LogP contribution in [0.4, 0.5) is 0 Å². The fraction of sp³-hybridized carbons (Fsp3) is 0.571.